The Kier molecular flexibility index (Phi) is 6.60. The van der Waals surface area contributed by atoms with Gasteiger partial charge in [-0.05, 0) is 32.4 Å². The van der Waals surface area contributed by atoms with Gasteiger partial charge in [0.05, 0.1) is 18.6 Å². The summed E-state index contributed by atoms with van der Waals surface area (Å²) in [6, 6.07) is 4.35. The van der Waals surface area contributed by atoms with Crippen molar-refractivity contribution in [3.63, 3.8) is 0 Å². The highest BCUT2D eigenvalue weighted by Gasteiger charge is 2.30. The molecule has 0 radical (unpaired) electrons. The van der Waals surface area contributed by atoms with Gasteiger partial charge in [-0.3, -0.25) is 9.59 Å². The van der Waals surface area contributed by atoms with Crippen LogP contribution in [0.15, 0.2) is 24.3 Å². The number of nitrogens with zero attached hydrogens (tertiary/aromatic N) is 1. The molecule has 4 nitrogen and oxygen atoms in total. The molecular formula is C16H20F3NO3. The first kappa shape index (κ1) is 19.0. The number of halogens is 3. The second-order valence-electron chi connectivity index (χ2n) is 5.30. The Bertz CT molecular complexity index is 556. The molecule has 0 bridgehead atoms. The number of hydrogen-bond donors (Lipinski definition) is 0. The quantitative estimate of drug-likeness (QED) is 0.753. The van der Waals surface area contributed by atoms with E-state index in [1.54, 1.807) is 20.8 Å². The van der Waals surface area contributed by atoms with Gasteiger partial charge in [0.15, 0.2) is 0 Å². The maximum Gasteiger partial charge on any atom is 0.416 e. The first-order valence-electron chi connectivity index (χ1n) is 7.26. The third kappa shape index (κ3) is 5.92. The minimum absolute atomic E-state index is 0.201. The normalized spacial score (nSPS) is 11.4. The molecule has 1 aromatic carbocycles. The molecule has 1 aromatic rings. The summed E-state index contributed by atoms with van der Waals surface area (Å²) >= 11 is 0. The summed E-state index contributed by atoms with van der Waals surface area (Å²) in [6.07, 6.45) is -4.66. The summed E-state index contributed by atoms with van der Waals surface area (Å²) in [5.41, 5.74) is -0.552. The van der Waals surface area contributed by atoms with Gasteiger partial charge in [-0.15, -0.1) is 0 Å². The van der Waals surface area contributed by atoms with Crippen LogP contribution in [-0.2, 0) is 26.9 Å². The smallest absolute Gasteiger partial charge is 0.416 e. The van der Waals surface area contributed by atoms with Crippen molar-refractivity contribution in [1.29, 1.82) is 0 Å². The molecule has 0 atom stereocenters. The fourth-order valence-electron chi connectivity index (χ4n) is 2.04. The van der Waals surface area contributed by atoms with Crippen LogP contribution in [0, 0.1) is 0 Å². The molecule has 0 aromatic heterocycles. The minimum Gasteiger partial charge on any atom is -0.465 e. The van der Waals surface area contributed by atoms with Gasteiger partial charge in [0.25, 0.3) is 0 Å². The number of carbonyl (C=O) groups excluding carboxylic acids is 2. The van der Waals surface area contributed by atoms with Crippen LogP contribution >= 0.6 is 0 Å². The van der Waals surface area contributed by atoms with Crippen molar-refractivity contribution in [1.82, 2.24) is 4.90 Å². The van der Waals surface area contributed by atoms with Crippen molar-refractivity contribution in [3.05, 3.63) is 35.4 Å². The zero-order valence-corrected chi connectivity index (χ0v) is 13.3. The van der Waals surface area contributed by atoms with E-state index in [0.29, 0.717) is 0 Å². The molecule has 0 aliphatic rings. The van der Waals surface area contributed by atoms with Crippen LogP contribution in [-0.4, -0.2) is 36.0 Å². The minimum atomic E-state index is -4.46. The highest BCUT2D eigenvalue weighted by atomic mass is 19.4. The number of amides is 1. The Hall–Kier alpha value is -2.05. The molecular weight excluding hydrogens is 311 g/mol. The van der Waals surface area contributed by atoms with Crippen LogP contribution in [0.4, 0.5) is 13.2 Å². The van der Waals surface area contributed by atoms with Crippen molar-refractivity contribution in [2.45, 2.75) is 39.4 Å². The van der Waals surface area contributed by atoms with E-state index in [0.717, 1.165) is 12.1 Å². The average molecular weight is 331 g/mol. The summed E-state index contributed by atoms with van der Waals surface area (Å²) in [5.74, 6) is -0.967. The van der Waals surface area contributed by atoms with Crippen molar-refractivity contribution < 1.29 is 27.5 Å². The molecule has 1 rings (SSSR count). The van der Waals surface area contributed by atoms with E-state index >= 15 is 0 Å². The Morgan fingerprint density at radius 1 is 1.26 bits per heavy atom. The summed E-state index contributed by atoms with van der Waals surface area (Å²) < 4.78 is 42.9. The molecule has 0 saturated carbocycles. The molecule has 1 amide bonds. The van der Waals surface area contributed by atoms with Crippen molar-refractivity contribution in [2.75, 3.05) is 13.2 Å². The Morgan fingerprint density at radius 3 is 2.43 bits per heavy atom. The van der Waals surface area contributed by atoms with E-state index < -0.39 is 23.6 Å². The number of hydrogen-bond acceptors (Lipinski definition) is 3. The molecule has 0 spiro atoms. The number of alkyl halides is 3. The topological polar surface area (TPSA) is 46.6 Å². The van der Waals surface area contributed by atoms with E-state index in [1.165, 1.54) is 17.0 Å². The number of rotatable bonds is 6. The number of esters is 1. The van der Waals surface area contributed by atoms with Crippen LogP contribution in [0.1, 0.15) is 31.9 Å². The first-order chi connectivity index (χ1) is 10.6. The highest BCUT2D eigenvalue weighted by Crippen LogP contribution is 2.29. The van der Waals surface area contributed by atoms with Gasteiger partial charge in [0.1, 0.15) is 6.54 Å². The van der Waals surface area contributed by atoms with Gasteiger partial charge in [0, 0.05) is 6.04 Å². The Labute approximate surface area is 133 Å². The van der Waals surface area contributed by atoms with Gasteiger partial charge in [-0.1, -0.05) is 18.2 Å². The fraction of sp³-hybridized carbons (Fsp3) is 0.500. The molecule has 0 heterocycles. The molecule has 7 heteroatoms. The summed E-state index contributed by atoms with van der Waals surface area (Å²) in [6.45, 7) is 5.09. The molecule has 0 aliphatic heterocycles. The lowest BCUT2D eigenvalue weighted by atomic mass is 10.1. The van der Waals surface area contributed by atoms with Gasteiger partial charge in [-0.25, -0.2) is 0 Å². The molecule has 0 unspecified atom stereocenters. The number of benzene rings is 1. The van der Waals surface area contributed by atoms with Crippen LogP contribution < -0.4 is 0 Å². The lowest BCUT2D eigenvalue weighted by Gasteiger charge is -2.26. The standard InChI is InChI=1S/C16H20F3NO3/c1-4-23-15(22)10-20(11(2)3)14(21)9-12-6-5-7-13(8-12)16(17,18)19/h5-8,11H,4,9-10H2,1-3H3. The van der Waals surface area contributed by atoms with Gasteiger partial charge in [0.2, 0.25) is 5.91 Å². The second kappa shape index (κ2) is 7.99. The molecule has 128 valence electrons. The van der Waals surface area contributed by atoms with Gasteiger partial charge < -0.3 is 9.64 Å². The van der Waals surface area contributed by atoms with Crippen molar-refractivity contribution in [3.8, 4) is 0 Å². The van der Waals surface area contributed by atoms with E-state index in [-0.39, 0.29) is 31.2 Å². The summed E-state index contributed by atoms with van der Waals surface area (Å²) in [4.78, 5) is 25.1. The zero-order valence-electron chi connectivity index (χ0n) is 13.3. The maximum atomic E-state index is 12.7. The number of ether oxygens (including phenoxy) is 1. The summed E-state index contributed by atoms with van der Waals surface area (Å²) in [5, 5.41) is 0. The van der Waals surface area contributed by atoms with Crippen LogP contribution in [0.5, 0.6) is 0 Å². The Balaban J connectivity index is 2.85. The van der Waals surface area contributed by atoms with E-state index in [9.17, 15) is 22.8 Å². The lowest BCUT2D eigenvalue weighted by Crippen LogP contribution is -2.42. The van der Waals surface area contributed by atoms with Crippen LogP contribution in [0.2, 0.25) is 0 Å². The van der Waals surface area contributed by atoms with Crippen LogP contribution in [0.3, 0.4) is 0 Å². The average Bonchev–Trinajstić information content (AvgIpc) is 2.44. The third-order valence-electron chi connectivity index (χ3n) is 3.16. The second-order valence-corrected chi connectivity index (χ2v) is 5.30. The zero-order chi connectivity index (χ0) is 17.6. The van der Waals surface area contributed by atoms with Crippen molar-refractivity contribution >= 4 is 11.9 Å². The van der Waals surface area contributed by atoms with Gasteiger partial charge in [-0.2, -0.15) is 13.2 Å². The maximum absolute atomic E-state index is 12.7. The third-order valence-corrected chi connectivity index (χ3v) is 3.16. The molecule has 23 heavy (non-hydrogen) atoms. The highest BCUT2D eigenvalue weighted by molar-refractivity contribution is 5.83. The number of carbonyl (C=O) groups is 2. The van der Waals surface area contributed by atoms with Gasteiger partial charge >= 0.3 is 12.1 Å². The lowest BCUT2D eigenvalue weighted by molar-refractivity contribution is -0.149. The monoisotopic (exact) mass is 331 g/mol. The summed E-state index contributed by atoms with van der Waals surface area (Å²) in [7, 11) is 0. The molecule has 0 N–H and O–H groups in total. The molecule has 0 aliphatic carbocycles. The largest absolute Gasteiger partial charge is 0.465 e. The van der Waals surface area contributed by atoms with Crippen molar-refractivity contribution in [2.24, 2.45) is 0 Å². The van der Waals surface area contributed by atoms with E-state index in [1.807, 2.05) is 0 Å². The van der Waals surface area contributed by atoms with E-state index in [2.05, 4.69) is 0 Å². The first-order valence-corrected chi connectivity index (χ1v) is 7.26. The Morgan fingerprint density at radius 2 is 1.91 bits per heavy atom. The SMILES string of the molecule is CCOC(=O)CN(C(=O)Cc1cccc(C(F)(F)F)c1)C(C)C. The fourth-order valence-corrected chi connectivity index (χ4v) is 2.04. The molecule has 0 fully saturated rings. The predicted molar refractivity (Wildman–Crippen MR) is 78.6 cm³/mol. The predicted octanol–water partition coefficient (Wildman–Crippen LogP) is 3.05. The van der Waals surface area contributed by atoms with Crippen LogP contribution in [0.25, 0.3) is 0 Å². The molecule has 0 saturated heterocycles. The van der Waals surface area contributed by atoms with E-state index in [4.69, 9.17) is 4.74 Å².